The smallest absolute Gasteiger partial charge is 0.309 e. The fourth-order valence-electron chi connectivity index (χ4n) is 5.56. The minimum atomic E-state index is -1.16. The number of nitrogens with zero attached hydrogens (tertiary/aromatic N) is 1. The van der Waals surface area contributed by atoms with Gasteiger partial charge < -0.3 is 10.4 Å². The molecule has 0 bridgehead atoms. The van der Waals surface area contributed by atoms with Gasteiger partial charge in [-0.05, 0) is 43.1 Å². The summed E-state index contributed by atoms with van der Waals surface area (Å²) in [7, 11) is 0. The molecule has 3 aliphatic rings. The number of hydrogen-bond acceptors (Lipinski definition) is 3. The molecule has 2 aromatic carbocycles. The molecule has 3 aliphatic heterocycles. The summed E-state index contributed by atoms with van der Waals surface area (Å²) >= 11 is 3.50. The predicted octanol–water partition coefficient (Wildman–Crippen LogP) is 3.56. The van der Waals surface area contributed by atoms with Crippen LogP contribution >= 0.6 is 15.9 Å². The Morgan fingerprint density at radius 3 is 2.74 bits per heavy atom. The molecule has 5 nitrogen and oxygen atoms in total. The lowest BCUT2D eigenvalue weighted by Gasteiger charge is -2.35. The number of carbonyl (C=O) groups is 2. The van der Waals surface area contributed by atoms with Gasteiger partial charge in [-0.25, -0.2) is 0 Å². The van der Waals surface area contributed by atoms with E-state index < -0.39 is 17.4 Å². The molecule has 2 N–H and O–H groups in total. The summed E-state index contributed by atoms with van der Waals surface area (Å²) in [4.78, 5) is 28.1. The number of rotatable bonds is 2. The van der Waals surface area contributed by atoms with E-state index in [0.29, 0.717) is 5.69 Å². The molecule has 0 unspecified atom stereocenters. The quantitative estimate of drug-likeness (QED) is 0.769. The van der Waals surface area contributed by atoms with Gasteiger partial charge in [-0.15, -0.1) is 0 Å². The monoisotopic (exact) mass is 426 g/mol. The second-order valence-corrected chi connectivity index (χ2v) is 8.48. The Hall–Kier alpha value is -2.18. The SMILES string of the molecule is O=C(O)[C@H]1[C@H](c2ccccc2)[C@H]2CCCN2[C@]12C(=O)Nc1ccc(Br)cc12. The van der Waals surface area contributed by atoms with Crippen LogP contribution in [0.3, 0.4) is 0 Å². The Morgan fingerprint density at radius 1 is 1.22 bits per heavy atom. The lowest BCUT2D eigenvalue weighted by Crippen LogP contribution is -2.52. The lowest BCUT2D eigenvalue weighted by atomic mass is 9.72. The zero-order valence-electron chi connectivity index (χ0n) is 14.6. The van der Waals surface area contributed by atoms with E-state index in [4.69, 9.17) is 0 Å². The summed E-state index contributed by atoms with van der Waals surface area (Å²) in [5.41, 5.74) is 1.33. The van der Waals surface area contributed by atoms with Gasteiger partial charge in [0.1, 0.15) is 5.54 Å². The predicted molar refractivity (Wildman–Crippen MR) is 104 cm³/mol. The van der Waals surface area contributed by atoms with E-state index in [1.807, 2.05) is 48.5 Å². The molecule has 0 aliphatic carbocycles. The van der Waals surface area contributed by atoms with Crippen LogP contribution in [0.25, 0.3) is 0 Å². The third kappa shape index (κ3) is 2.14. The number of carbonyl (C=O) groups excluding carboxylic acids is 1. The van der Waals surface area contributed by atoms with Gasteiger partial charge >= 0.3 is 5.97 Å². The standard InChI is InChI=1S/C21H19BrN2O3/c22-13-8-9-15-14(11-13)21(20(27)23-15)18(19(25)26)17(12-5-2-1-3-6-12)16-7-4-10-24(16)21/h1-3,5-6,8-9,11,16-18H,4,7,10H2,(H,23,27)(H,25,26)/t16-,17-,18-,21+/m1/s1. The zero-order valence-corrected chi connectivity index (χ0v) is 16.1. The molecule has 138 valence electrons. The van der Waals surface area contributed by atoms with Crippen LogP contribution in [-0.4, -0.2) is 34.5 Å². The van der Waals surface area contributed by atoms with Crippen LogP contribution < -0.4 is 5.32 Å². The summed E-state index contributed by atoms with van der Waals surface area (Å²) < 4.78 is 0.847. The topological polar surface area (TPSA) is 69.6 Å². The fourth-order valence-corrected chi connectivity index (χ4v) is 5.92. The number of hydrogen-bond donors (Lipinski definition) is 2. The highest BCUT2D eigenvalue weighted by atomic mass is 79.9. The number of halogens is 1. The van der Waals surface area contributed by atoms with Crippen LogP contribution in [0.5, 0.6) is 0 Å². The number of anilines is 1. The minimum absolute atomic E-state index is 0.0455. The molecule has 2 saturated heterocycles. The van der Waals surface area contributed by atoms with Crippen LogP contribution in [0, 0.1) is 5.92 Å². The van der Waals surface area contributed by atoms with Gasteiger partial charge in [-0.1, -0.05) is 46.3 Å². The van der Waals surface area contributed by atoms with Gasteiger partial charge in [0.05, 0.1) is 5.92 Å². The minimum Gasteiger partial charge on any atom is -0.481 e. The van der Waals surface area contributed by atoms with E-state index in [1.165, 1.54) is 0 Å². The molecule has 3 heterocycles. The molecule has 5 rings (SSSR count). The van der Waals surface area contributed by atoms with Crippen LogP contribution in [0.2, 0.25) is 0 Å². The van der Waals surface area contributed by atoms with E-state index in [0.717, 1.165) is 35.0 Å². The number of fused-ring (bicyclic) bond motifs is 4. The van der Waals surface area contributed by atoms with Crippen LogP contribution in [0.1, 0.15) is 29.9 Å². The van der Waals surface area contributed by atoms with Crippen molar-refractivity contribution in [3.8, 4) is 0 Å². The Morgan fingerprint density at radius 2 is 2.00 bits per heavy atom. The summed E-state index contributed by atoms with van der Waals surface area (Å²) in [6.45, 7) is 0.733. The first-order valence-electron chi connectivity index (χ1n) is 9.21. The highest BCUT2D eigenvalue weighted by molar-refractivity contribution is 9.10. The second-order valence-electron chi connectivity index (χ2n) is 7.57. The second kappa shape index (κ2) is 5.91. The van der Waals surface area contributed by atoms with Crippen molar-refractivity contribution < 1.29 is 14.7 Å². The van der Waals surface area contributed by atoms with Crippen molar-refractivity contribution in [3.05, 3.63) is 64.1 Å². The zero-order chi connectivity index (χ0) is 18.8. The normalized spacial score (nSPS) is 31.7. The van der Waals surface area contributed by atoms with Crippen molar-refractivity contribution in [3.63, 3.8) is 0 Å². The fraction of sp³-hybridized carbons (Fsp3) is 0.333. The number of aliphatic carboxylic acids is 1. The average Bonchev–Trinajstić information content (AvgIpc) is 3.30. The summed E-state index contributed by atoms with van der Waals surface area (Å²) in [6.07, 6.45) is 1.88. The van der Waals surface area contributed by atoms with Gasteiger partial charge in [0.25, 0.3) is 5.91 Å². The third-order valence-electron chi connectivity index (χ3n) is 6.41. The Kier molecular flexibility index (Phi) is 3.71. The molecule has 27 heavy (non-hydrogen) atoms. The number of nitrogens with one attached hydrogen (secondary N) is 1. The van der Waals surface area contributed by atoms with E-state index in [2.05, 4.69) is 26.1 Å². The third-order valence-corrected chi connectivity index (χ3v) is 6.91. The molecule has 6 heteroatoms. The molecule has 0 radical (unpaired) electrons. The Labute approximate surface area is 165 Å². The number of amides is 1. The number of carboxylic acids is 1. The van der Waals surface area contributed by atoms with Crippen molar-refractivity contribution in [1.82, 2.24) is 4.90 Å². The number of benzene rings is 2. The lowest BCUT2D eigenvalue weighted by molar-refractivity contribution is -0.150. The first-order valence-corrected chi connectivity index (χ1v) is 10.0. The molecule has 2 fully saturated rings. The summed E-state index contributed by atoms with van der Waals surface area (Å²) in [5.74, 6) is -2.18. The first kappa shape index (κ1) is 17.0. The van der Waals surface area contributed by atoms with E-state index in [9.17, 15) is 14.7 Å². The first-order chi connectivity index (χ1) is 13.0. The van der Waals surface area contributed by atoms with E-state index >= 15 is 0 Å². The summed E-state index contributed by atoms with van der Waals surface area (Å²) in [5, 5.41) is 13.3. The molecule has 4 atom stereocenters. The van der Waals surface area contributed by atoms with Crippen molar-refractivity contribution >= 4 is 33.5 Å². The average molecular weight is 427 g/mol. The largest absolute Gasteiger partial charge is 0.481 e. The Balaban J connectivity index is 1.78. The van der Waals surface area contributed by atoms with E-state index in [1.54, 1.807) is 0 Å². The molecular formula is C21H19BrN2O3. The highest BCUT2D eigenvalue weighted by Crippen LogP contribution is 2.60. The molecule has 0 saturated carbocycles. The van der Waals surface area contributed by atoms with Crippen molar-refractivity contribution in [2.45, 2.75) is 30.3 Å². The van der Waals surface area contributed by atoms with Gasteiger partial charge in [0.2, 0.25) is 0 Å². The van der Waals surface area contributed by atoms with Gasteiger partial charge in [0, 0.05) is 27.7 Å². The highest BCUT2D eigenvalue weighted by Gasteiger charge is 2.69. The molecule has 2 aromatic rings. The van der Waals surface area contributed by atoms with Gasteiger partial charge in [-0.3, -0.25) is 14.5 Å². The van der Waals surface area contributed by atoms with Gasteiger partial charge in [-0.2, -0.15) is 0 Å². The maximum atomic E-state index is 13.4. The van der Waals surface area contributed by atoms with Crippen molar-refractivity contribution in [2.24, 2.45) is 5.92 Å². The van der Waals surface area contributed by atoms with Crippen LogP contribution in [0.4, 0.5) is 5.69 Å². The van der Waals surface area contributed by atoms with E-state index in [-0.39, 0.29) is 17.9 Å². The Bertz CT molecular complexity index is 948. The molecular weight excluding hydrogens is 408 g/mol. The number of carboxylic acid groups (broad SMARTS) is 1. The van der Waals surface area contributed by atoms with Crippen molar-refractivity contribution in [1.29, 1.82) is 0 Å². The van der Waals surface area contributed by atoms with Crippen molar-refractivity contribution in [2.75, 3.05) is 11.9 Å². The van der Waals surface area contributed by atoms with Gasteiger partial charge in [0.15, 0.2) is 0 Å². The maximum Gasteiger partial charge on any atom is 0.309 e. The van der Waals surface area contributed by atoms with Crippen LogP contribution in [-0.2, 0) is 15.1 Å². The maximum absolute atomic E-state index is 13.4. The summed E-state index contributed by atoms with van der Waals surface area (Å²) in [6, 6.07) is 15.5. The van der Waals surface area contributed by atoms with Crippen LogP contribution in [0.15, 0.2) is 53.0 Å². The molecule has 0 aromatic heterocycles. The molecule has 1 spiro atoms. The molecule has 1 amide bonds.